The number of allylic oxidation sites excluding steroid dienone is 1. The quantitative estimate of drug-likeness (QED) is 0.553. The molecular formula is C22H19N7O. The summed E-state index contributed by atoms with van der Waals surface area (Å²) in [6, 6.07) is 14.7. The predicted octanol–water partition coefficient (Wildman–Crippen LogP) is 4.07. The lowest BCUT2D eigenvalue weighted by Gasteiger charge is -2.13. The molecule has 1 heterocycles. The van der Waals surface area contributed by atoms with Crippen molar-refractivity contribution < 1.29 is 0 Å². The Balaban J connectivity index is 1.87. The van der Waals surface area contributed by atoms with Crippen LogP contribution in [0.25, 0.3) is 6.08 Å². The molecular weight excluding hydrogens is 378 g/mol. The molecule has 8 heteroatoms. The second-order valence-electron chi connectivity index (χ2n) is 6.74. The standard InChI is InChI=1S/C22H19N7O/c1-13(11-23)8-17-9-14(2)19(15(3)10-17)26-22-27-20(21(30)28-29-22)25-18-6-4-16(12-24)5-7-18/h4-10H,1-3H3,(H,28,30)(H2,25,26,27,29)/b13-8+. The van der Waals surface area contributed by atoms with E-state index in [-0.39, 0.29) is 11.8 Å². The molecule has 0 spiro atoms. The van der Waals surface area contributed by atoms with Crippen LogP contribution in [0.4, 0.5) is 23.1 Å². The van der Waals surface area contributed by atoms with E-state index in [9.17, 15) is 4.79 Å². The van der Waals surface area contributed by atoms with Crippen molar-refractivity contribution in [2.24, 2.45) is 0 Å². The largest absolute Gasteiger partial charge is 0.335 e. The average molecular weight is 397 g/mol. The van der Waals surface area contributed by atoms with Gasteiger partial charge in [0.05, 0.1) is 17.7 Å². The molecule has 3 aromatic rings. The summed E-state index contributed by atoms with van der Waals surface area (Å²) in [5, 5.41) is 30.3. The minimum Gasteiger partial charge on any atom is -0.335 e. The van der Waals surface area contributed by atoms with Gasteiger partial charge in [-0.15, -0.1) is 5.10 Å². The molecule has 0 fully saturated rings. The minimum atomic E-state index is -0.467. The lowest BCUT2D eigenvalue weighted by atomic mass is 10.0. The van der Waals surface area contributed by atoms with Crippen LogP contribution in [-0.4, -0.2) is 15.2 Å². The number of aromatic amines is 1. The molecule has 0 bridgehead atoms. The first kappa shape index (κ1) is 20.3. The Labute approximate surface area is 173 Å². The molecule has 148 valence electrons. The summed E-state index contributed by atoms with van der Waals surface area (Å²) in [5.74, 6) is 0.310. The minimum absolute atomic E-state index is 0.0803. The van der Waals surface area contributed by atoms with Crippen LogP contribution in [0, 0.1) is 36.5 Å². The van der Waals surface area contributed by atoms with E-state index in [1.165, 1.54) is 0 Å². The summed E-state index contributed by atoms with van der Waals surface area (Å²) in [5.41, 5.74) is 4.95. The number of rotatable bonds is 5. The summed E-state index contributed by atoms with van der Waals surface area (Å²) in [6.07, 6.45) is 1.82. The number of nitrogens with zero attached hydrogens (tertiary/aromatic N) is 4. The van der Waals surface area contributed by atoms with Gasteiger partial charge in [-0.05, 0) is 79.9 Å². The Kier molecular flexibility index (Phi) is 5.90. The van der Waals surface area contributed by atoms with Crippen molar-refractivity contribution in [3.8, 4) is 12.1 Å². The zero-order valence-electron chi connectivity index (χ0n) is 16.7. The van der Waals surface area contributed by atoms with Gasteiger partial charge in [-0.1, -0.05) is 0 Å². The molecule has 0 unspecified atom stereocenters. The van der Waals surface area contributed by atoms with Gasteiger partial charge >= 0.3 is 5.56 Å². The number of hydrogen-bond acceptors (Lipinski definition) is 7. The van der Waals surface area contributed by atoms with E-state index in [2.05, 4.69) is 31.9 Å². The summed E-state index contributed by atoms with van der Waals surface area (Å²) in [4.78, 5) is 16.4. The molecule has 3 N–H and O–H groups in total. The Morgan fingerprint density at radius 3 is 2.37 bits per heavy atom. The molecule has 1 aromatic heterocycles. The maximum atomic E-state index is 12.1. The summed E-state index contributed by atoms with van der Waals surface area (Å²) in [7, 11) is 0. The highest BCUT2D eigenvalue weighted by atomic mass is 16.1. The molecule has 2 aromatic carbocycles. The first-order chi connectivity index (χ1) is 14.4. The Bertz CT molecular complexity index is 1240. The van der Waals surface area contributed by atoms with E-state index in [4.69, 9.17) is 10.5 Å². The van der Waals surface area contributed by atoms with Crippen LogP contribution in [0.15, 0.2) is 46.8 Å². The smallest absolute Gasteiger partial charge is 0.307 e. The van der Waals surface area contributed by atoms with Gasteiger partial charge in [-0.25, -0.2) is 5.10 Å². The molecule has 0 saturated carbocycles. The van der Waals surface area contributed by atoms with Gasteiger partial charge in [0.2, 0.25) is 11.8 Å². The first-order valence-electron chi connectivity index (χ1n) is 9.10. The molecule has 0 aliphatic heterocycles. The average Bonchev–Trinajstić information content (AvgIpc) is 2.73. The Morgan fingerprint density at radius 2 is 1.77 bits per heavy atom. The van der Waals surface area contributed by atoms with Crippen molar-refractivity contribution in [3.05, 3.63) is 74.6 Å². The lowest BCUT2D eigenvalue weighted by molar-refractivity contribution is 0.944. The van der Waals surface area contributed by atoms with Gasteiger partial charge in [0.25, 0.3) is 0 Å². The fourth-order valence-corrected chi connectivity index (χ4v) is 2.92. The van der Waals surface area contributed by atoms with Crippen molar-refractivity contribution in [1.82, 2.24) is 15.2 Å². The van der Waals surface area contributed by atoms with Gasteiger partial charge in [-0.2, -0.15) is 15.5 Å². The number of hydrogen-bond donors (Lipinski definition) is 3. The highest BCUT2D eigenvalue weighted by molar-refractivity contribution is 5.69. The third kappa shape index (κ3) is 4.70. The van der Waals surface area contributed by atoms with E-state index < -0.39 is 5.56 Å². The van der Waals surface area contributed by atoms with Gasteiger partial charge in [0.1, 0.15) is 0 Å². The SMILES string of the molecule is C/C(C#N)=C\c1cc(C)c(Nc2n[nH]c(=O)c(Nc3ccc(C#N)cc3)n2)c(C)c1. The van der Waals surface area contributed by atoms with Crippen molar-refractivity contribution in [2.45, 2.75) is 20.8 Å². The van der Waals surface area contributed by atoms with Gasteiger partial charge < -0.3 is 10.6 Å². The molecule has 3 rings (SSSR count). The molecule has 0 atom stereocenters. The molecule has 0 aliphatic rings. The van der Waals surface area contributed by atoms with Crippen LogP contribution >= 0.6 is 0 Å². The molecule has 0 aliphatic carbocycles. The number of H-pyrrole nitrogens is 1. The Hall–Kier alpha value is -4.43. The maximum absolute atomic E-state index is 12.1. The van der Waals surface area contributed by atoms with Crippen LogP contribution < -0.4 is 16.2 Å². The number of nitrogens with one attached hydrogen (secondary N) is 3. The third-order valence-corrected chi connectivity index (χ3v) is 4.32. The van der Waals surface area contributed by atoms with E-state index >= 15 is 0 Å². The zero-order chi connectivity index (χ0) is 21.7. The fraction of sp³-hybridized carbons (Fsp3) is 0.136. The number of nitriles is 2. The van der Waals surface area contributed by atoms with Gasteiger partial charge in [0, 0.05) is 16.9 Å². The van der Waals surface area contributed by atoms with E-state index in [0.29, 0.717) is 16.8 Å². The number of benzene rings is 2. The summed E-state index contributed by atoms with van der Waals surface area (Å²) in [6.45, 7) is 5.64. The molecule has 8 nitrogen and oxygen atoms in total. The summed E-state index contributed by atoms with van der Waals surface area (Å²) < 4.78 is 0. The lowest BCUT2D eigenvalue weighted by Crippen LogP contribution is -2.17. The third-order valence-electron chi connectivity index (χ3n) is 4.32. The second-order valence-corrected chi connectivity index (χ2v) is 6.74. The fourth-order valence-electron chi connectivity index (χ4n) is 2.92. The maximum Gasteiger partial charge on any atom is 0.307 e. The normalized spacial score (nSPS) is 10.8. The molecule has 30 heavy (non-hydrogen) atoms. The van der Waals surface area contributed by atoms with Crippen LogP contribution in [0.5, 0.6) is 0 Å². The molecule has 0 saturated heterocycles. The predicted molar refractivity (Wildman–Crippen MR) is 116 cm³/mol. The number of anilines is 4. The zero-order valence-corrected chi connectivity index (χ0v) is 16.7. The number of aromatic nitrogens is 3. The first-order valence-corrected chi connectivity index (χ1v) is 9.10. The molecule has 0 amide bonds. The highest BCUT2D eigenvalue weighted by Gasteiger charge is 2.10. The van der Waals surface area contributed by atoms with Crippen molar-refractivity contribution in [3.63, 3.8) is 0 Å². The van der Waals surface area contributed by atoms with E-state index in [1.807, 2.05) is 38.1 Å². The van der Waals surface area contributed by atoms with Gasteiger partial charge in [-0.3, -0.25) is 4.79 Å². The van der Waals surface area contributed by atoms with Crippen LogP contribution in [-0.2, 0) is 0 Å². The highest BCUT2D eigenvalue weighted by Crippen LogP contribution is 2.26. The van der Waals surface area contributed by atoms with E-state index in [1.54, 1.807) is 31.2 Å². The van der Waals surface area contributed by atoms with Crippen molar-refractivity contribution in [2.75, 3.05) is 10.6 Å². The monoisotopic (exact) mass is 397 g/mol. The number of aryl methyl sites for hydroxylation is 2. The van der Waals surface area contributed by atoms with Crippen LogP contribution in [0.3, 0.4) is 0 Å². The van der Waals surface area contributed by atoms with Gasteiger partial charge in [0.15, 0.2) is 0 Å². The Morgan fingerprint density at radius 1 is 1.10 bits per heavy atom. The molecule has 0 radical (unpaired) electrons. The van der Waals surface area contributed by atoms with Crippen LogP contribution in [0.1, 0.15) is 29.2 Å². The van der Waals surface area contributed by atoms with E-state index in [0.717, 1.165) is 22.4 Å². The summed E-state index contributed by atoms with van der Waals surface area (Å²) >= 11 is 0. The second kappa shape index (κ2) is 8.72. The van der Waals surface area contributed by atoms with Crippen molar-refractivity contribution >= 4 is 29.2 Å². The van der Waals surface area contributed by atoms with Crippen molar-refractivity contribution in [1.29, 1.82) is 10.5 Å². The van der Waals surface area contributed by atoms with Crippen LogP contribution in [0.2, 0.25) is 0 Å². The topological polar surface area (TPSA) is 130 Å².